The second-order valence-electron chi connectivity index (χ2n) is 7.87. The standard InChI is InChI=1S/C22H23N5O/c28-22(20-15-26(25-24-20)14-19-8-4-5-11-23-19)27-13-16-9-10-18(12-16)21(27)17-6-2-1-3-7-17/h1-8,11,15-16,18,21H,9-10,12-14H2. The van der Waals surface area contributed by atoms with Crippen LogP contribution in [0.1, 0.15) is 47.1 Å². The maximum absolute atomic E-state index is 13.4. The summed E-state index contributed by atoms with van der Waals surface area (Å²) in [6.07, 6.45) is 7.13. The Labute approximate surface area is 164 Å². The van der Waals surface area contributed by atoms with Gasteiger partial charge in [-0.3, -0.25) is 9.78 Å². The highest BCUT2D eigenvalue weighted by Gasteiger charge is 2.43. The van der Waals surface area contributed by atoms with Crippen LogP contribution in [0.2, 0.25) is 0 Å². The van der Waals surface area contributed by atoms with E-state index in [4.69, 9.17) is 0 Å². The third kappa shape index (κ3) is 3.19. The number of amides is 1. The van der Waals surface area contributed by atoms with E-state index in [1.54, 1.807) is 17.1 Å². The van der Waals surface area contributed by atoms with Gasteiger partial charge in [-0.2, -0.15) is 0 Å². The molecule has 6 nitrogen and oxygen atoms in total. The summed E-state index contributed by atoms with van der Waals surface area (Å²) in [7, 11) is 0. The van der Waals surface area contributed by atoms with E-state index >= 15 is 0 Å². The molecule has 1 amide bonds. The van der Waals surface area contributed by atoms with Gasteiger partial charge in [-0.1, -0.05) is 41.6 Å². The van der Waals surface area contributed by atoms with Gasteiger partial charge in [0.05, 0.1) is 24.5 Å². The molecule has 1 saturated heterocycles. The van der Waals surface area contributed by atoms with Gasteiger partial charge in [0, 0.05) is 12.7 Å². The molecule has 0 radical (unpaired) electrons. The molecule has 1 saturated carbocycles. The maximum atomic E-state index is 13.4. The van der Waals surface area contributed by atoms with Crippen molar-refractivity contribution in [3.8, 4) is 0 Å². The predicted molar refractivity (Wildman–Crippen MR) is 104 cm³/mol. The van der Waals surface area contributed by atoms with Crippen molar-refractivity contribution in [3.63, 3.8) is 0 Å². The second-order valence-corrected chi connectivity index (χ2v) is 7.87. The minimum atomic E-state index is -0.0160. The fourth-order valence-corrected chi connectivity index (χ4v) is 4.80. The number of likely N-dealkylation sites (tertiary alicyclic amines) is 1. The van der Waals surface area contributed by atoms with Crippen LogP contribution in [0.25, 0.3) is 0 Å². The van der Waals surface area contributed by atoms with Crippen molar-refractivity contribution in [2.75, 3.05) is 6.54 Å². The number of carbonyl (C=O) groups is 1. The molecule has 28 heavy (non-hydrogen) atoms. The number of benzene rings is 1. The Morgan fingerprint density at radius 2 is 1.93 bits per heavy atom. The van der Waals surface area contributed by atoms with Crippen LogP contribution in [0.5, 0.6) is 0 Å². The van der Waals surface area contributed by atoms with Gasteiger partial charge in [0.2, 0.25) is 0 Å². The molecule has 2 aromatic heterocycles. The van der Waals surface area contributed by atoms with Gasteiger partial charge in [-0.05, 0) is 48.8 Å². The maximum Gasteiger partial charge on any atom is 0.276 e. The Balaban J connectivity index is 1.40. The molecule has 3 aromatic rings. The smallest absolute Gasteiger partial charge is 0.276 e. The van der Waals surface area contributed by atoms with Crippen molar-refractivity contribution in [1.29, 1.82) is 0 Å². The van der Waals surface area contributed by atoms with Crippen LogP contribution in [0.4, 0.5) is 0 Å². The summed E-state index contributed by atoms with van der Waals surface area (Å²) in [4.78, 5) is 19.7. The van der Waals surface area contributed by atoms with Crippen molar-refractivity contribution in [2.45, 2.75) is 31.8 Å². The highest BCUT2D eigenvalue weighted by molar-refractivity contribution is 5.92. The zero-order chi connectivity index (χ0) is 18.9. The Morgan fingerprint density at radius 3 is 2.75 bits per heavy atom. The van der Waals surface area contributed by atoms with Crippen molar-refractivity contribution >= 4 is 5.91 Å². The fourth-order valence-electron chi connectivity index (χ4n) is 4.80. The van der Waals surface area contributed by atoms with Gasteiger partial charge in [0.15, 0.2) is 5.69 Å². The minimum Gasteiger partial charge on any atom is -0.330 e. The lowest BCUT2D eigenvalue weighted by Gasteiger charge is -2.40. The average molecular weight is 373 g/mol. The number of hydrogen-bond donors (Lipinski definition) is 0. The molecule has 142 valence electrons. The number of carbonyl (C=O) groups excluding carboxylic acids is 1. The van der Waals surface area contributed by atoms with Gasteiger partial charge in [0.25, 0.3) is 5.91 Å². The van der Waals surface area contributed by atoms with Crippen molar-refractivity contribution in [1.82, 2.24) is 24.9 Å². The van der Waals surface area contributed by atoms with Crippen molar-refractivity contribution < 1.29 is 4.79 Å². The fraction of sp³-hybridized carbons (Fsp3) is 0.364. The number of fused-ring (bicyclic) bond motifs is 2. The molecule has 2 fully saturated rings. The molecule has 0 N–H and O–H groups in total. The lowest BCUT2D eigenvalue weighted by molar-refractivity contribution is 0.0479. The summed E-state index contributed by atoms with van der Waals surface area (Å²) in [6, 6.07) is 16.3. The monoisotopic (exact) mass is 373 g/mol. The molecule has 1 aliphatic heterocycles. The molecule has 2 aliphatic rings. The molecule has 6 heteroatoms. The number of aromatic nitrogens is 4. The van der Waals surface area contributed by atoms with Gasteiger partial charge in [0.1, 0.15) is 0 Å². The summed E-state index contributed by atoms with van der Waals surface area (Å²) >= 11 is 0. The first-order valence-corrected chi connectivity index (χ1v) is 9.94. The lowest BCUT2D eigenvalue weighted by atomic mass is 9.85. The first kappa shape index (κ1) is 17.1. The number of nitrogens with zero attached hydrogens (tertiary/aromatic N) is 5. The van der Waals surface area contributed by atoms with Crippen molar-refractivity contribution in [3.05, 3.63) is 77.9 Å². The molecule has 3 unspecified atom stereocenters. The summed E-state index contributed by atoms with van der Waals surface area (Å²) in [5.41, 5.74) is 2.53. The molecular weight excluding hydrogens is 350 g/mol. The zero-order valence-corrected chi connectivity index (χ0v) is 15.7. The Hall–Kier alpha value is -3.02. The molecule has 5 rings (SSSR count). The summed E-state index contributed by atoms with van der Waals surface area (Å²) in [5, 5.41) is 8.34. The Bertz CT molecular complexity index is 955. The van der Waals surface area contributed by atoms with Crippen LogP contribution in [0, 0.1) is 11.8 Å². The Kier molecular flexibility index (Phi) is 4.39. The van der Waals surface area contributed by atoms with Gasteiger partial charge in [-0.15, -0.1) is 5.10 Å². The zero-order valence-electron chi connectivity index (χ0n) is 15.7. The van der Waals surface area contributed by atoms with E-state index in [1.165, 1.54) is 24.8 Å². The van der Waals surface area contributed by atoms with Crippen LogP contribution in [0.15, 0.2) is 60.9 Å². The molecule has 2 bridgehead atoms. The highest BCUT2D eigenvalue weighted by Crippen LogP contribution is 2.47. The first-order chi connectivity index (χ1) is 13.8. The van der Waals surface area contributed by atoms with Crippen LogP contribution in [-0.2, 0) is 6.54 Å². The van der Waals surface area contributed by atoms with Crippen LogP contribution < -0.4 is 0 Å². The van der Waals surface area contributed by atoms with E-state index in [9.17, 15) is 4.79 Å². The van der Waals surface area contributed by atoms with E-state index in [1.807, 2.05) is 29.2 Å². The quantitative estimate of drug-likeness (QED) is 0.704. The first-order valence-electron chi connectivity index (χ1n) is 9.94. The second kappa shape index (κ2) is 7.19. The molecule has 1 aromatic carbocycles. The summed E-state index contributed by atoms with van der Waals surface area (Å²) < 4.78 is 1.69. The molecule has 3 atom stereocenters. The third-order valence-electron chi connectivity index (χ3n) is 6.03. The van der Waals surface area contributed by atoms with Crippen LogP contribution in [-0.4, -0.2) is 37.3 Å². The number of hydrogen-bond acceptors (Lipinski definition) is 4. The largest absolute Gasteiger partial charge is 0.330 e. The summed E-state index contributed by atoms with van der Waals surface area (Å²) in [6.45, 7) is 1.32. The normalized spacial score (nSPS) is 23.7. The highest BCUT2D eigenvalue weighted by atomic mass is 16.2. The Morgan fingerprint density at radius 1 is 1.07 bits per heavy atom. The van der Waals surface area contributed by atoms with Crippen LogP contribution in [0.3, 0.4) is 0 Å². The molecule has 0 spiro atoms. The van der Waals surface area contributed by atoms with E-state index in [0.29, 0.717) is 24.1 Å². The van der Waals surface area contributed by atoms with Crippen LogP contribution >= 0.6 is 0 Å². The number of rotatable bonds is 4. The average Bonchev–Trinajstić information content (AvgIpc) is 3.36. The van der Waals surface area contributed by atoms with E-state index < -0.39 is 0 Å². The molecular formula is C22H23N5O. The molecule has 1 aliphatic carbocycles. The number of pyridine rings is 1. The molecule has 3 heterocycles. The van der Waals surface area contributed by atoms with Gasteiger partial charge in [-0.25, -0.2) is 4.68 Å². The van der Waals surface area contributed by atoms with E-state index in [-0.39, 0.29) is 11.9 Å². The van der Waals surface area contributed by atoms with Crippen molar-refractivity contribution in [2.24, 2.45) is 11.8 Å². The number of piperidine rings is 1. The van der Waals surface area contributed by atoms with E-state index in [0.717, 1.165) is 12.2 Å². The lowest BCUT2D eigenvalue weighted by Crippen LogP contribution is -2.43. The predicted octanol–water partition coefficient (Wildman–Crippen LogP) is 3.33. The third-order valence-corrected chi connectivity index (χ3v) is 6.03. The SMILES string of the molecule is O=C(c1cn(Cc2ccccn2)nn1)N1CC2CCC(C2)C1c1ccccc1. The van der Waals surface area contributed by atoms with Gasteiger partial charge >= 0.3 is 0 Å². The van der Waals surface area contributed by atoms with Gasteiger partial charge < -0.3 is 4.90 Å². The topological polar surface area (TPSA) is 63.9 Å². The van der Waals surface area contributed by atoms with E-state index in [2.05, 4.69) is 39.6 Å². The minimum absolute atomic E-state index is 0.0160. The summed E-state index contributed by atoms with van der Waals surface area (Å²) in [5.74, 6) is 1.13.